The summed E-state index contributed by atoms with van der Waals surface area (Å²) in [5, 5.41) is 139. The van der Waals surface area contributed by atoms with Crippen molar-refractivity contribution in [3.63, 3.8) is 0 Å². The lowest BCUT2D eigenvalue weighted by molar-refractivity contribution is -0.148. The second-order valence-corrected chi connectivity index (χ2v) is 40.7. The topological polar surface area (TPSA) is 535 Å². The number of nitrogens with zero attached hydrogens (tertiary/aromatic N) is 5. The van der Waals surface area contributed by atoms with Crippen LogP contribution in [0.3, 0.4) is 0 Å². The summed E-state index contributed by atoms with van der Waals surface area (Å²) in [7, 11) is -6.84. The lowest BCUT2D eigenvalue weighted by Crippen LogP contribution is -2.57. The Morgan fingerprint density at radius 1 is 0.364 bits per heavy atom. The van der Waals surface area contributed by atoms with Gasteiger partial charge >= 0.3 is 65.4 Å². The van der Waals surface area contributed by atoms with E-state index in [1.54, 1.807) is 25.1 Å². The summed E-state index contributed by atoms with van der Waals surface area (Å²) in [6.07, 6.45) is 18.8. The van der Waals surface area contributed by atoms with Crippen LogP contribution in [0.4, 0.5) is 17.6 Å². The molecule has 5 aromatic carbocycles. The number of carboxylic acid groups (broad SMARTS) is 5. The van der Waals surface area contributed by atoms with Gasteiger partial charge in [-0.25, -0.2) is 17.6 Å². The molecule has 30 nitrogen and oxygen atoms in total. The van der Waals surface area contributed by atoms with E-state index in [4.69, 9.17) is 114 Å². The van der Waals surface area contributed by atoms with Gasteiger partial charge in [-0.1, -0.05) is 167 Å². The molecule has 10 atom stereocenters. The zero-order valence-electron chi connectivity index (χ0n) is 81.6. The zero-order valence-corrected chi connectivity index (χ0v) is 83.9. The van der Waals surface area contributed by atoms with Crippen molar-refractivity contribution >= 4 is 100 Å². The van der Waals surface area contributed by atoms with Gasteiger partial charge in [0.25, 0.3) is 0 Å². The first-order valence-electron chi connectivity index (χ1n) is 50.0. The van der Waals surface area contributed by atoms with E-state index in [2.05, 4.69) is 57.7 Å². The van der Waals surface area contributed by atoms with Crippen LogP contribution in [0.2, 0.25) is 46.7 Å². The normalized spacial score (nSPS) is 19.9. The van der Waals surface area contributed by atoms with Gasteiger partial charge in [-0.3, -0.25) is 48.5 Å². The van der Waals surface area contributed by atoms with E-state index in [9.17, 15) is 67.1 Å². The van der Waals surface area contributed by atoms with E-state index in [-0.39, 0.29) is 102 Å². The summed E-state index contributed by atoms with van der Waals surface area (Å²) in [5.74, 6) is -7.51. The number of aryl methyl sites for hydroxylation is 1. The SMILES string of the molecule is CC(c1c(Cl)cccc1Cl)N1CCC(C(N)(CCCCB(O)O)C(=O)O)CC1.CC(c1c(F)cccc1F)N1CCC(C(N)(CCCCB(O)O)C(=O)O)CC1.CC(c1ccc(F)c(Cl)c1)N1CCC(C(N)(CCCCB(O)O)C(=O)O)CC1.CCCC(c1ccccc1)N1CCC(C(N)(CCCCB(O)O)C(=O)O)CC1.NC(CCCCB(O)O)(C(=O)O)C1CCN(C2CCc3ccc(F)cc32)CC1. The van der Waals surface area contributed by atoms with Gasteiger partial charge < -0.3 is 104 Å². The highest BCUT2D eigenvalue weighted by Gasteiger charge is 2.50. The second-order valence-electron chi connectivity index (χ2n) is 39.5. The van der Waals surface area contributed by atoms with E-state index in [1.165, 1.54) is 41.5 Å². The number of hydrogen-bond acceptors (Lipinski definition) is 25. The summed E-state index contributed by atoms with van der Waals surface area (Å²) in [5.41, 5.74) is 30.5. The zero-order chi connectivity index (χ0) is 104. The van der Waals surface area contributed by atoms with E-state index in [0.717, 1.165) is 94.5 Å². The first-order chi connectivity index (χ1) is 66.2. The lowest BCUT2D eigenvalue weighted by atomic mass is 9.74. The van der Waals surface area contributed by atoms with Gasteiger partial charge in [0.1, 0.15) is 51.0 Å². The fraction of sp³-hybridized carbons (Fsp3) is 0.643. The number of likely N-dealkylation sites (tertiary alicyclic amines) is 5. The minimum Gasteiger partial charge on any atom is -0.480 e. The van der Waals surface area contributed by atoms with E-state index < -0.39 is 117 Å². The summed E-state index contributed by atoms with van der Waals surface area (Å²) in [6, 6.07) is 29.7. The Hall–Kier alpha value is -6.44. The van der Waals surface area contributed by atoms with Crippen LogP contribution in [0.25, 0.3) is 0 Å². The fourth-order valence-corrected chi connectivity index (χ4v) is 22.5. The Balaban J connectivity index is 0.000000238. The smallest absolute Gasteiger partial charge is 0.451 e. The maximum absolute atomic E-state index is 14.1. The predicted octanol–water partition coefficient (Wildman–Crippen LogP) is 12.6. The molecule has 0 bridgehead atoms. The first-order valence-corrected chi connectivity index (χ1v) is 51.1. The molecule has 0 saturated carbocycles. The third kappa shape index (κ3) is 34.9. The Labute approximate surface area is 839 Å². The molecule has 0 aromatic heterocycles. The van der Waals surface area contributed by atoms with Gasteiger partial charge in [0.2, 0.25) is 0 Å². The van der Waals surface area contributed by atoms with Crippen LogP contribution in [0.1, 0.15) is 271 Å². The Bertz CT molecular complexity index is 4470. The number of aliphatic carboxylic acids is 5. The molecule has 25 N–H and O–H groups in total. The molecule has 5 fully saturated rings. The van der Waals surface area contributed by atoms with Gasteiger partial charge in [0, 0.05) is 51.4 Å². The molecule has 5 aliphatic heterocycles. The maximum atomic E-state index is 14.1. The summed E-state index contributed by atoms with van der Waals surface area (Å²) < 4.78 is 55.2. The largest absolute Gasteiger partial charge is 0.480 e. The predicted molar refractivity (Wildman–Crippen MR) is 540 cm³/mol. The van der Waals surface area contributed by atoms with Crippen molar-refractivity contribution in [2.45, 2.75) is 303 Å². The molecule has 5 aromatic rings. The molecule has 5 saturated heterocycles. The van der Waals surface area contributed by atoms with Gasteiger partial charge in [0.05, 0.1) is 5.02 Å². The number of nitrogens with two attached hydrogens (primary N) is 5. The number of carbonyl (C=O) groups is 5. The van der Waals surface area contributed by atoms with Crippen molar-refractivity contribution in [1.82, 2.24) is 24.5 Å². The number of piperidine rings is 5. The number of unbranched alkanes of at least 4 members (excludes halogenated alkanes) is 5. The van der Waals surface area contributed by atoms with E-state index in [1.807, 2.05) is 42.2 Å². The molecule has 0 amide bonds. The molecule has 11 rings (SSSR count). The van der Waals surface area contributed by atoms with Crippen LogP contribution in [0.5, 0.6) is 0 Å². The summed E-state index contributed by atoms with van der Waals surface area (Å²) in [4.78, 5) is 70.7. The van der Waals surface area contributed by atoms with Crippen LogP contribution >= 0.6 is 34.8 Å². The van der Waals surface area contributed by atoms with Crippen molar-refractivity contribution in [2.24, 2.45) is 58.3 Å². The van der Waals surface area contributed by atoms with Crippen LogP contribution in [-0.2, 0) is 30.4 Å². The van der Waals surface area contributed by atoms with Crippen molar-refractivity contribution in [3.8, 4) is 0 Å². The fourth-order valence-electron chi connectivity index (χ4n) is 21.6. The molecule has 5 heterocycles. The van der Waals surface area contributed by atoms with Gasteiger partial charge in [-0.15, -0.1) is 0 Å². The summed E-state index contributed by atoms with van der Waals surface area (Å²) >= 11 is 18.6. The molecule has 42 heteroatoms. The molecule has 0 radical (unpaired) electrons. The number of rotatable bonds is 46. The van der Waals surface area contributed by atoms with Gasteiger partial charge in [0.15, 0.2) is 0 Å². The van der Waals surface area contributed by atoms with Crippen LogP contribution in [0, 0.1) is 52.9 Å². The molecule has 10 unspecified atom stereocenters. The third-order valence-corrected chi connectivity index (χ3v) is 31.4. The van der Waals surface area contributed by atoms with Crippen molar-refractivity contribution in [3.05, 3.63) is 175 Å². The van der Waals surface area contributed by atoms with Gasteiger partial charge in [-0.05, 0) is 334 Å². The standard InChI is InChI=1S/C21H35BN2O4.C20H30BFN2O4.C19H29BCl2N2O4.C19H29BClFN2O4.C19H29BF2N2O4/c1-2-8-19(17-9-4-3-5-10-17)24-15-11-18(12-16-24)21(23,20(25)26)13-6-7-14-22(27)28;22-16-5-3-14-4-6-18(17(14)13-16)24-11-7-15(8-12-24)20(23,19(25)26)9-1-2-10-21(27)28;1-13(17-15(21)5-4-6-16(17)22)24-11-7-14(8-12-24)19(23,18(25)26)9-2-3-10-20(27)28;1-13(14-4-5-17(22)16(21)12-14)24-10-6-15(7-11-24)19(23,18(25)26)8-2-3-9-20(27)28;1-13(17-15(21)5-4-6-16(17)22)24-11-7-14(8-12-24)19(23,18(25)26)9-2-3-10-20(27)28/h3-5,9-10,18-19,27-28H,2,6-8,11-16,23H2,1H3,(H,25,26);3,5,13,15,18,27-28H,1-2,4,6-12,23H2,(H,25,26);4-6,13-14,27-28H,2-3,7-12,23H2,1H3,(H,25,26);4-5,12-13,15,27-28H,2-3,6-11,23H2,1H3,(H,25,26);4-6,13-14,27-28H,2-3,7-12,23H2,1H3,(H,25,26). The molecule has 6 aliphatic rings. The Morgan fingerprint density at radius 2 is 0.686 bits per heavy atom. The van der Waals surface area contributed by atoms with Crippen molar-refractivity contribution in [1.29, 1.82) is 0 Å². The number of fused-ring (bicyclic) bond motifs is 1. The molecule has 0 spiro atoms. The number of carboxylic acids is 5. The quantitative estimate of drug-likeness (QED) is 0.00977. The highest BCUT2D eigenvalue weighted by Crippen LogP contribution is 2.45. The Morgan fingerprint density at radius 3 is 1.01 bits per heavy atom. The van der Waals surface area contributed by atoms with E-state index >= 15 is 0 Å². The Kier molecular flexibility index (Phi) is 50.1. The lowest BCUT2D eigenvalue weighted by Gasteiger charge is -2.43. The second kappa shape index (κ2) is 58.2. The number of hydrogen-bond donors (Lipinski definition) is 20. The van der Waals surface area contributed by atoms with Crippen LogP contribution in [0.15, 0.2) is 103 Å². The van der Waals surface area contributed by atoms with Crippen molar-refractivity contribution < 1.29 is 117 Å². The maximum Gasteiger partial charge on any atom is 0.451 e. The third-order valence-electron chi connectivity index (χ3n) is 30.5. The molecular weight excluding hydrogens is 1870 g/mol. The summed E-state index contributed by atoms with van der Waals surface area (Å²) in [6.45, 7) is 15.1. The highest BCUT2D eigenvalue weighted by molar-refractivity contribution is 6.42. The number of halogens is 7. The first kappa shape index (κ1) is 121. The monoisotopic (exact) mass is 2030 g/mol. The number of benzene rings is 5. The molecular formula is C98H152B5Cl3F4N10O20. The average molecular weight is 2030 g/mol. The molecule has 778 valence electrons. The molecule has 140 heavy (non-hydrogen) atoms. The average Bonchev–Trinajstić information content (AvgIpc) is 1.39. The van der Waals surface area contributed by atoms with Gasteiger partial charge in [-0.2, -0.15) is 0 Å². The minimum absolute atomic E-state index is 0.0285. The van der Waals surface area contributed by atoms with Crippen molar-refractivity contribution in [2.75, 3.05) is 65.4 Å². The van der Waals surface area contributed by atoms with E-state index in [0.29, 0.717) is 184 Å². The highest BCUT2D eigenvalue weighted by atomic mass is 35.5. The minimum atomic E-state index is -1.40. The molecule has 1 aliphatic carbocycles. The van der Waals surface area contributed by atoms with Crippen LogP contribution in [-0.4, -0.2) is 259 Å². The van der Waals surface area contributed by atoms with Crippen LogP contribution < -0.4 is 28.7 Å².